The van der Waals surface area contributed by atoms with Gasteiger partial charge in [0.25, 0.3) is 11.5 Å². The fourth-order valence-corrected chi connectivity index (χ4v) is 2.53. The highest BCUT2D eigenvalue weighted by atomic mass is 127. The molecule has 0 aliphatic carbocycles. The van der Waals surface area contributed by atoms with E-state index in [9.17, 15) is 9.59 Å². The molecule has 0 aliphatic heterocycles. The standard InChI is InChI=1S/C14H11IN4O2/c15-9-3-1-4-10(7-9)19-6-2-5-12(19)14(21)17-11-8-16-18-13(11)20/h1-8H,(H,17,21)(H2,16,18,20). The van der Waals surface area contributed by atoms with E-state index in [1.807, 2.05) is 30.5 Å². The Morgan fingerprint density at radius 1 is 1.24 bits per heavy atom. The van der Waals surface area contributed by atoms with Crippen LogP contribution in [0.3, 0.4) is 0 Å². The molecule has 6 nitrogen and oxygen atoms in total. The summed E-state index contributed by atoms with van der Waals surface area (Å²) in [5.41, 5.74) is 1.17. The molecule has 0 radical (unpaired) electrons. The minimum atomic E-state index is -0.365. The summed E-state index contributed by atoms with van der Waals surface area (Å²) in [5.74, 6) is -0.344. The van der Waals surface area contributed by atoms with Gasteiger partial charge in [0.15, 0.2) is 0 Å². The lowest BCUT2D eigenvalue weighted by atomic mass is 10.3. The number of hydrogen-bond donors (Lipinski definition) is 3. The van der Waals surface area contributed by atoms with E-state index in [1.54, 1.807) is 16.7 Å². The fourth-order valence-electron chi connectivity index (χ4n) is 2.00. The number of nitrogens with zero attached hydrogens (tertiary/aromatic N) is 1. The molecule has 0 atom stereocenters. The highest BCUT2D eigenvalue weighted by Crippen LogP contribution is 2.16. The number of carbonyl (C=O) groups is 1. The molecule has 0 saturated heterocycles. The van der Waals surface area contributed by atoms with Crippen LogP contribution >= 0.6 is 22.6 Å². The third kappa shape index (κ3) is 2.77. The van der Waals surface area contributed by atoms with Crippen molar-refractivity contribution in [1.29, 1.82) is 0 Å². The molecule has 1 aromatic carbocycles. The van der Waals surface area contributed by atoms with Crippen molar-refractivity contribution < 1.29 is 4.79 Å². The number of hydrogen-bond acceptors (Lipinski definition) is 2. The number of aromatic amines is 2. The summed E-state index contributed by atoms with van der Waals surface area (Å²) >= 11 is 2.22. The van der Waals surface area contributed by atoms with Crippen molar-refractivity contribution in [3.8, 4) is 5.69 Å². The van der Waals surface area contributed by atoms with Gasteiger partial charge >= 0.3 is 0 Å². The van der Waals surface area contributed by atoms with Crippen molar-refractivity contribution in [2.24, 2.45) is 0 Å². The normalized spacial score (nSPS) is 10.5. The number of amides is 1. The predicted octanol–water partition coefficient (Wildman–Crippen LogP) is 2.35. The van der Waals surface area contributed by atoms with E-state index in [0.29, 0.717) is 5.69 Å². The second-order valence-electron chi connectivity index (χ2n) is 4.35. The van der Waals surface area contributed by atoms with Gasteiger partial charge in [0.05, 0.1) is 0 Å². The Morgan fingerprint density at radius 3 is 2.81 bits per heavy atom. The first-order chi connectivity index (χ1) is 10.1. The molecule has 3 aromatic rings. The third-order valence-corrected chi connectivity index (χ3v) is 3.63. The molecule has 0 saturated carbocycles. The van der Waals surface area contributed by atoms with E-state index in [1.165, 1.54) is 6.20 Å². The number of benzene rings is 1. The maximum atomic E-state index is 12.3. The fraction of sp³-hybridized carbons (Fsp3) is 0. The number of H-pyrrole nitrogens is 2. The molecule has 0 fully saturated rings. The molecule has 3 N–H and O–H groups in total. The SMILES string of the molecule is O=C(Nc1c[nH][nH]c1=O)c1cccn1-c1cccc(I)c1. The number of halogens is 1. The predicted molar refractivity (Wildman–Crippen MR) is 87.9 cm³/mol. The van der Waals surface area contributed by atoms with E-state index in [2.05, 4.69) is 38.1 Å². The van der Waals surface area contributed by atoms with Gasteiger partial charge < -0.3 is 15.0 Å². The number of carbonyl (C=O) groups excluding carboxylic acids is 1. The monoisotopic (exact) mass is 394 g/mol. The van der Waals surface area contributed by atoms with Gasteiger partial charge in [-0.05, 0) is 52.9 Å². The minimum Gasteiger partial charge on any atom is -0.315 e. The van der Waals surface area contributed by atoms with Crippen LogP contribution in [0.15, 0.2) is 53.6 Å². The number of aromatic nitrogens is 3. The quantitative estimate of drug-likeness (QED) is 0.596. The molecule has 0 unspecified atom stereocenters. The first-order valence-electron chi connectivity index (χ1n) is 6.16. The van der Waals surface area contributed by atoms with Gasteiger partial charge in [0.2, 0.25) is 0 Å². The molecule has 2 aromatic heterocycles. The Labute approximate surface area is 133 Å². The van der Waals surface area contributed by atoms with Crippen molar-refractivity contribution in [3.05, 3.63) is 68.4 Å². The number of anilines is 1. The van der Waals surface area contributed by atoms with Crippen molar-refractivity contribution in [1.82, 2.24) is 14.8 Å². The minimum absolute atomic E-state index is 0.190. The van der Waals surface area contributed by atoms with Gasteiger partial charge in [-0.25, -0.2) is 0 Å². The van der Waals surface area contributed by atoms with Crippen molar-refractivity contribution in [3.63, 3.8) is 0 Å². The molecule has 21 heavy (non-hydrogen) atoms. The molecular formula is C14H11IN4O2. The van der Waals surface area contributed by atoms with E-state index < -0.39 is 0 Å². The topological polar surface area (TPSA) is 82.7 Å². The van der Waals surface area contributed by atoms with Gasteiger partial charge in [-0.1, -0.05) is 6.07 Å². The van der Waals surface area contributed by atoms with Crippen LogP contribution in [0.2, 0.25) is 0 Å². The van der Waals surface area contributed by atoms with Gasteiger partial charge in [-0.3, -0.25) is 14.7 Å². The highest BCUT2D eigenvalue weighted by Gasteiger charge is 2.14. The highest BCUT2D eigenvalue weighted by molar-refractivity contribution is 14.1. The summed E-state index contributed by atoms with van der Waals surface area (Å²) in [7, 11) is 0. The molecule has 0 bridgehead atoms. The third-order valence-electron chi connectivity index (χ3n) is 2.96. The molecule has 3 rings (SSSR count). The summed E-state index contributed by atoms with van der Waals surface area (Å²) in [6.07, 6.45) is 3.22. The summed E-state index contributed by atoms with van der Waals surface area (Å²) in [4.78, 5) is 23.7. The molecule has 106 valence electrons. The Kier molecular flexibility index (Phi) is 3.65. The lowest BCUT2D eigenvalue weighted by molar-refractivity contribution is 0.102. The van der Waals surface area contributed by atoms with Crippen molar-refractivity contribution in [2.75, 3.05) is 5.32 Å². The first kappa shape index (κ1) is 13.7. The van der Waals surface area contributed by atoms with Crippen LogP contribution in [-0.2, 0) is 0 Å². The summed E-state index contributed by atoms with van der Waals surface area (Å²) < 4.78 is 2.85. The molecule has 0 spiro atoms. The maximum Gasteiger partial charge on any atom is 0.287 e. The van der Waals surface area contributed by atoms with Gasteiger partial charge in [0.1, 0.15) is 11.4 Å². The van der Waals surface area contributed by atoms with E-state index in [4.69, 9.17) is 0 Å². The molecule has 0 aliphatic rings. The van der Waals surface area contributed by atoms with Crippen LogP contribution in [0.25, 0.3) is 5.69 Å². The average molecular weight is 394 g/mol. The molecule has 2 heterocycles. The van der Waals surface area contributed by atoms with Crippen molar-refractivity contribution in [2.45, 2.75) is 0 Å². The Morgan fingerprint density at radius 2 is 2.10 bits per heavy atom. The summed E-state index contributed by atoms with van der Waals surface area (Å²) in [5, 5.41) is 7.49. The number of nitrogens with one attached hydrogen (secondary N) is 3. The van der Waals surface area contributed by atoms with Gasteiger partial charge in [0, 0.05) is 21.7 Å². The van der Waals surface area contributed by atoms with E-state index in [0.717, 1.165) is 9.26 Å². The molecule has 1 amide bonds. The smallest absolute Gasteiger partial charge is 0.287 e. The lowest BCUT2D eigenvalue weighted by Crippen LogP contribution is -2.19. The Balaban J connectivity index is 1.94. The molecule has 7 heteroatoms. The first-order valence-corrected chi connectivity index (χ1v) is 7.24. The van der Waals surface area contributed by atoms with E-state index >= 15 is 0 Å². The van der Waals surface area contributed by atoms with Gasteiger partial charge in [-0.15, -0.1) is 0 Å². The zero-order valence-electron chi connectivity index (χ0n) is 10.8. The second-order valence-corrected chi connectivity index (χ2v) is 5.60. The van der Waals surface area contributed by atoms with Crippen LogP contribution < -0.4 is 10.9 Å². The van der Waals surface area contributed by atoms with Crippen LogP contribution in [-0.4, -0.2) is 20.7 Å². The molecular weight excluding hydrogens is 383 g/mol. The lowest BCUT2D eigenvalue weighted by Gasteiger charge is -2.09. The zero-order chi connectivity index (χ0) is 14.8. The maximum absolute atomic E-state index is 12.3. The average Bonchev–Trinajstić information content (AvgIpc) is 3.08. The number of rotatable bonds is 3. The van der Waals surface area contributed by atoms with Crippen LogP contribution in [0.4, 0.5) is 5.69 Å². The second kappa shape index (κ2) is 5.60. The van der Waals surface area contributed by atoms with Crippen LogP contribution in [0.5, 0.6) is 0 Å². The van der Waals surface area contributed by atoms with Gasteiger partial charge in [-0.2, -0.15) is 0 Å². The Bertz CT molecular complexity index is 846. The van der Waals surface area contributed by atoms with Crippen molar-refractivity contribution >= 4 is 34.2 Å². The Hall–Kier alpha value is -2.29. The largest absolute Gasteiger partial charge is 0.315 e. The zero-order valence-corrected chi connectivity index (χ0v) is 12.9. The van der Waals surface area contributed by atoms with E-state index in [-0.39, 0.29) is 17.2 Å². The van der Waals surface area contributed by atoms with Crippen LogP contribution in [0, 0.1) is 3.57 Å². The van der Waals surface area contributed by atoms with Crippen LogP contribution in [0.1, 0.15) is 10.5 Å². The summed E-state index contributed by atoms with van der Waals surface area (Å²) in [6.45, 7) is 0. The summed E-state index contributed by atoms with van der Waals surface area (Å²) in [6, 6.07) is 11.3.